The average Bonchev–Trinajstić information content (AvgIpc) is 3.51. The predicted molar refractivity (Wildman–Crippen MR) is 215 cm³/mol. The Morgan fingerprint density at radius 2 is 1.64 bits per heavy atom. The van der Waals surface area contributed by atoms with Crippen molar-refractivity contribution in [1.82, 2.24) is 35.1 Å². The number of pyridine rings is 2. The van der Waals surface area contributed by atoms with E-state index in [1.165, 1.54) is 0 Å². The molecule has 1 aliphatic carbocycles. The number of H-pyrrole nitrogens is 1. The number of imidazole rings is 1. The van der Waals surface area contributed by atoms with Gasteiger partial charge in [-0.2, -0.15) is 0 Å². The minimum atomic E-state index is -0.254. The van der Waals surface area contributed by atoms with E-state index in [1.807, 2.05) is 72.4 Å². The minimum absolute atomic E-state index is 0.0606. The largest absolute Gasteiger partial charge is 0.350 e. The van der Waals surface area contributed by atoms with Crippen LogP contribution < -0.4 is 15.5 Å². The normalized spacial score (nSPS) is 22.5. The van der Waals surface area contributed by atoms with Crippen molar-refractivity contribution in [1.29, 1.82) is 0 Å². The van der Waals surface area contributed by atoms with E-state index >= 15 is 0 Å². The first kappa shape index (κ1) is 38.2. The molecule has 0 radical (unpaired) electrons. The molecule has 1 saturated carbocycles. The molecule has 2 aliphatic heterocycles. The number of aromatic amines is 1. The summed E-state index contributed by atoms with van der Waals surface area (Å²) < 4.78 is 0. The van der Waals surface area contributed by atoms with Crippen LogP contribution >= 0.6 is 0 Å². The molecule has 7 rings (SSSR count). The summed E-state index contributed by atoms with van der Waals surface area (Å²) in [7, 11) is 1.84. The van der Waals surface area contributed by atoms with Crippen molar-refractivity contribution in [2.75, 3.05) is 36.9 Å². The van der Waals surface area contributed by atoms with Crippen molar-refractivity contribution < 1.29 is 14.4 Å². The number of likely N-dealkylation sites (N-methyl/N-ethyl adjacent to an activating group) is 1. The van der Waals surface area contributed by atoms with Gasteiger partial charge in [0, 0.05) is 49.4 Å². The van der Waals surface area contributed by atoms with E-state index < -0.39 is 0 Å². The molecular weight excluding hydrogens is 691 g/mol. The number of carbonyl (C=O) groups excluding carboxylic acids is 3. The van der Waals surface area contributed by atoms with Gasteiger partial charge in [-0.3, -0.25) is 19.4 Å². The van der Waals surface area contributed by atoms with E-state index in [1.54, 1.807) is 12.3 Å². The molecule has 0 bridgehead atoms. The van der Waals surface area contributed by atoms with Gasteiger partial charge in [0.15, 0.2) is 0 Å². The second kappa shape index (κ2) is 15.2. The smallest absolute Gasteiger partial charge is 0.257 e. The van der Waals surface area contributed by atoms with E-state index in [2.05, 4.69) is 67.0 Å². The second-order valence-electron chi connectivity index (χ2n) is 16.7. The van der Waals surface area contributed by atoms with Crippen LogP contribution in [0.3, 0.4) is 0 Å². The maximum absolute atomic E-state index is 13.3. The zero-order valence-electron chi connectivity index (χ0n) is 33.4. The molecule has 5 atom stereocenters. The van der Waals surface area contributed by atoms with Crippen molar-refractivity contribution >= 4 is 29.2 Å². The summed E-state index contributed by atoms with van der Waals surface area (Å²) in [5.74, 6) is 2.08. The van der Waals surface area contributed by atoms with Crippen LogP contribution in [0.4, 0.5) is 11.5 Å². The molecule has 5 heterocycles. The standard InChI is InChI=1S/C43H55N9O3/c1-25(2)38(44-8)42(55)50-19-9-10-36(50)39-46-22-35(48-39)30-13-11-29(12-14-30)34-17-16-33(28(5)47-34)49-40(53)31-15-18-37(45-21-31)51-23-27(4)52(24-26(51)3)41(54)32-20-43(32,6)7/h11-18,21-22,25-27,32,36,38,44H,9-10,19-20,23-24H2,1-8H3,(H,46,48)(H,49,53). The van der Waals surface area contributed by atoms with Crippen LogP contribution in [0.25, 0.3) is 22.5 Å². The SMILES string of the molecule is CNC(C(=O)N1CCCC1c1ncc(-c2ccc(-c3ccc(NC(=O)c4ccc(N5CC(C)N(C(=O)C6CC6(C)C)CC5C)nc4)c(C)n3)cc2)[nH]1)C(C)C. The number of nitrogens with one attached hydrogen (secondary N) is 3. The van der Waals surface area contributed by atoms with E-state index in [0.29, 0.717) is 30.0 Å². The number of benzene rings is 1. The summed E-state index contributed by atoms with van der Waals surface area (Å²) in [5.41, 5.74) is 5.55. The maximum Gasteiger partial charge on any atom is 0.257 e. The van der Waals surface area contributed by atoms with Crippen molar-refractivity contribution in [3.8, 4) is 22.5 Å². The van der Waals surface area contributed by atoms with Crippen LogP contribution in [0.1, 0.15) is 88.7 Å². The topological polar surface area (TPSA) is 139 Å². The molecule has 12 heteroatoms. The summed E-state index contributed by atoms with van der Waals surface area (Å²) in [4.78, 5) is 63.6. The molecule has 3 fully saturated rings. The highest BCUT2D eigenvalue weighted by atomic mass is 16.2. The number of aryl methyl sites for hydroxylation is 1. The van der Waals surface area contributed by atoms with Gasteiger partial charge in [-0.25, -0.2) is 9.97 Å². The van der Waals surface area contributed by atoms with Gasteiger partial charge in [-0.1, -0.05) is 52.0 Å². The molecule has 2 saturated heterocycles. The molecule has 3 amide bonds. The number of anilines is 2. The molecule has 4 aromatic rings. The fourth-order valence-electron chi connectivity index (χ4n) is 8.29. The van der Waals surface area contributed by atoms with Gasteiger partial charge in [0.25, 0.3) is 5.91 Å². The quantitative estimate of drug-likeness (QED) is 0.168. The number of amides is 3. The zero-order chi connectivity index (χ0) is 39.2. The van der Waals surface area contributed by atoms with Crippen molar-refractivity contribution in [2.45, 2.75) is 91.9 Å². The van der Waals surface area contributed by atoms with Crippen LogP contribution in [0.2, 0.25) is 0 Å². The van der Waals surface area contributed by atoms with Gasteiger partial charge in [0.05, 0.1) is 46.6 Å². The monoisotopic (exact) mass is 745 g/mol. The van der Waals surface area contributed by atoms with Gasteiger partial charge in [-0.15, -0.1) is 0 Å². The number of hydrogen-bond donors (Lipinski definition) is 3. The van der Waals surface area contributed by atoms with Crippen LogP contribution in [0.5, 0.6) is 0 Å². The predicted octanol–water partition coefficient (Wildman–Crippen LogP) is 6.47. The highest BCUT2D eigenvalue weighted by Crippen LogP contribution is 2.52. The molecule has 12 nitrogen and oxygen atoms in total. The summed E-state index contributed by atoms with van der Waals surface area (Å²) in [6, 6.07) is 15.5. The number of rotatable bonds is 10. The third kappa shape index (κ3) is 7.74. The van der Waals surface area contributed by atoms with Gasteiger partial charge in [0.1, 0.15) is 11.6 Å². The van der Waals surface area contributed by atoms with Gasteiger partial charge in [-0.05, 0) is 88.2 Å². The first-order chi connectivity index (χ1) is 26.2. The lowest BCUT2D eigenvalue weighted by Gasteiger charge is -2.45. The summed E-state index contributed by atoms with van der Waals surface area (Å²) in [5, 5.41) is 6.19. The Bertz CT molecular complexity index is 2040. The van der Waals surface area contributed by atoms with Gasteiger partial charge >= 0.3 is 0 Å². The zero-order valence-corrected chi connectivity index (χ0v) is 33.4. The highest BCUT2D eigenvalue weighted by molar-refractivity contribution is 6.04. The highest BCUT2D eigenvalue weighted by Gasteiger charge is 2.53. The van der Waals surface area contributed by atoms with Crippen LogP contribution in [0, 0.1) is 24.2 Å². The lowest BCUT2D eigenvalue weighted by Crippen LogP contribution is -2.59. The molecular formula is C43H55N9O3. The number of nitrogens with zero attached hydrogens (tertiary/aromatic N) is 6. The molecule has 1 aromatic carbocycles. The van der Waals surface area contributed by atoms with Crippen molar-refractivity contribution in [3.05, 3.63) is 78.0 Å². The number of aromatic nitrogens is 4. The molecule has 0 spiro atoms. The number of likely N-dealkylation sites (tertiary alicyclic amines) is 1. The Balaban J connectivity index is 0.959. The molecule has 3 N–H and O–H groups in total. The second-order valence-corrected chi connectivity index (χ2v) is 16.7. The van der Waals surface area contributed by atoms with Gasteiger partial charge < -0.3 is 30.3 Å². The third-order valence-corrected chi connectivity index (χ3v) is 11.9. The summed E-state index contributed by atoms with van der Waals surface area (Å²) in [6.07, 6.45) is 6.26. The van der Waals surface area contributed by atoms with Crippen LogP contribution in [-0.4, -0.2) is 92.3 Å². The summed E-state index contributed by atoms with van der Waals surface area (Å²) >= 11 is 0. The Morgan fingerprint density at radius 1 is 0.909 bits per heavy atom. The van der Waals surface area contributed by atoms with E-state index in [9.17, 15) is 14.4 Å². The fourth-order valence-corrected chi connectivity index (χ4v) is 8.29. The first-order valence-corrected chi connectivity index (χ1v) is 19.7. The Labute approximate surface area is 324 Å². The fraction of sp³-hybridized carbons (Fsp3) is 0.488. The lowest BCUT2D eigenvalue weighted by molar-refractivity contribution is -0.136. The van der Waals surface area contributed by atoms with E-state index in [0.717, 1.165) is 60.0 Å². The molecule has 3 aliphatic rings. The number of piperazine rings is 1. The van der Waals surface area contributed by atoms with Crippen LogP contribution in [0.15, 0.2) is 60.9 Å². The minimum Gasteiger partial charge on any atom is -0.350 e. The number of hydrogen-bond acceptors (Lipinski definition) is 8. The molecule has 55 heavy (non-hydrogen) atoms. The van der Waals surface area contributed by atoms with E-state index in [-0.39, 0.29) is 59.1 Å². The third-order valence-electron chi connectivity index (χ3n) is 11.9. The summed E-state index contributed by atoms with van der Waals surface area (Å²) in [6.45, 7) is 16.7. The molecule has 290 valence electrons. The Morgan fingerprint density at radius 3 is 2.27 bits per heavy atom. The Hall–Kier alpha value is -5.10. The average molecular weight is 746 g/mol. The molecule has 5 unspecified atom stereocenters. The number of carbonyl (C=O) groups is 3. The maximum atomic E-state index is 13.3. The molecule has 3 aromatic heterocycles. The van der Waals surface area contributed by atoms with Crippen LogP contribution in [-0.2, 0) is 9.59 Å². The van der Waals surface area contributed by atoms with Crippen molar-refractivity contribution in [2.24, 2.45) is 17.3 Å². The lowest BCUT2D eigenvalue weighted by atomic mass is 10.0. The van der Waals surface area contributed by atoms with Gasteiger partial charge in [0.2, 0.25) is 11.8 Å². The first-order valence-electron chi connectivity index (χ1n) is 19.7. The Kier molecular flexibility index (Phi) is 10.6. The van der Waals surface area contributed by atoms with Crippen molar-refractivity contribution in [3.63, 3.8) is 0 Å². The van der Waals surface area contributed by atoms with E-state index in [4.69, 9.17) is 9.97 Å².